The molecule has 0 fully saturated rings. The Bertz CT molecular complexity index is 478. The van der Waals surface area contributed by atoms with Crippen molar-refractivity contribution >= 4 is 29.6 Å². The lowest BCUT2D eigenvalue weighted by Gasteiger charge is -2.19. The van der Waals surface area contributed by atoms with E-state index >= 15 is 0 Å². The van der Waals surface area contributed by atoms with Crippen LogP contribution >= 0.6 is 11.6 Å². The molecule has 0 aliphatic carbocycles. The number of hydrogen-bond donors (Lipinski definition) is 2. The van der Waals surface area contributed by atoms with Crippen molar-refractivity contribution in [1.82, 2.24) is 5.32 Å². The van der Waals surface area contributed by atoms with E-state index in [2.05, 4.69) is 5.32 Å². The first-order chi connectivity index (χ1) is 8.31. The zero-order valence-corrected chi connectivity index (χ0v) is 10.9. The van der Waals surface area contributed by atoms with Crippen LogP contribution in [0.25, 0.3) is 6.08 Å². The summed E-state index contributed by atoms with van der Waals surface area (Å²) in [4.78, 5) is 22.3. The van der Waals surface area contributed by atoms with E-state index in [0.29, 0.717) is 5.02 Å². The number of carboxylic acids is 1. The molecule has 1 aromatic carbocycles. The van der Waals surface area contributed by atoms with Crippen LogP contribution in [0.3, 0.4) is 0 Å². The zero-order valence-electron chi connectivity index (χ0n) is 10.1. The number of hydrogen-bond acceptors (Lipinski definition) is 2. The van der Waals surface area contributed by atoms with Crippen LogP contribution in [0.2, 0.25) is 5.02 Å². The minimum Gasteiger partial charge on any atom is -0.480 e. The van der Waals surface area contributed by atoms with E-state index in [1.165, 1.54) is 19.9 Å². The molecule has 2 N–H and O–H groups in total. The van der Waals surface area contributed by atoms with E-state index in [1.54, 1.807) is 30.3 Å². The number of carbonyl (C=O) groups excluding carboxylic acids is 1. The normalized spacial score (nSPS) is 11.5. The largest absolute Gasteiger partial charge is 0.480 e. The molecule has 0 aliphatic rings. The average molecular weight is 268 g/mol. The van der Waals surface area contributed by atoms with Crippen LogP contribution in [0, 0.1) is 0 Å². The predicted molar refractivity (Wildman–Crippen MR) is 70.3 cm³/mol. The van der Waals surface area contributed by atoms with Crippen LogP contribution in [0.1, 0.15) is 19.4 Å². The van der Waals surface area contributed by atoms with Crippen molar-refractivity contribution in [2.75, 3.05) is 0 Å². The highest BCUT2D eigenvalue weighted by Gasteiger charge is 2.27. The number of amides is 1. The van der Waals surface area contributed by atoms with Gasteiger partial charge in [0, 0.05) is 11.1 Å². The van der Waals surface area contributed by atoms with Gasteiger partial charge in [-0.3, -0.25) is 4.79 Å². The predicted octanol–water partition coefficient (Wildman–Crippen LogP) is 2.33. The molecule has 0 atom stereocenters. The third kappa shape index (κ3) is 4.22. The molecular weight excluding hydrogens is 254 g/mol. The summed E-state index contributed by atoms with van der Waals surface area (Å²) in [5.74, 6) is -1.55. The first kappa shape index (κ1) is 14.3. The van der Waals surface area contributed by atoms with Gasteiger partial charge in [0.2, 0.25) is 5.91 Å². The molecule has 96 valence electrons. The fraction of sp³-hybridized carbons (Fsp3) is 0.231. The van der Waals surface area contributed by atoms with Crippen molar-refractivity contribution in [2.24, 2.45) is 0 Å². The highest BCUT2D eigenvalue weighted by Crippen LogP contribution is 2.10. The molecule has 0 saturated carbocycles. The maximum Gasteiger partial charge on any atom is 0.328 e. The minimum atomic E-state index is -1.29. The molecule has 0 saturated heterocycles. The molecule has 1 rings (SSSR count). The lowest BCUT2D eigenvalue weighted by molar-refractivity contribution is -0.145. The molecule has 0 aromatic heterocycles. The Labute approximate surface area is 110 Å². The van der Waals surface area contributed by atoms with E-state index in [9.17, 15) is 9.59 Å². The lowest BCUT2D eigenvalue weighted by Crippen LogP contribution is -2.49. The first-order valence-electron chi connectivity index (χ1n) is 5.30. The standard InChI is InChI=1S/C13H14ClNO3/c1-13(2,12(17)18)15-11(16)8-5-9-3-6-10(14)7-4-9/h3-8H,1-2H3,(H,15,16)(H,17,18)/b8-5+. The average Bonchev–Trinajstić information content (AvgIpc) is 2.27. The Morgan fingerprint density at radius 3 is 2.33 bits per heavy atom. The van der Waals surface area contributed by atoms with Gasteiger partial charge in [-0.15, -0.1) is 0 Å². The molecule has 18 heavy (non-hydrogen) atoms. The Balaban J connectivity index is 2.65. The summed E-state index contributed by atoms with van der Waals surface area (Å²) in [6.45, 7) is 2.84. The van der Waals surface area contributed by atoms with Gasteiger partial charge in [0.1, 0.15) is 5.54 Å². The number of halogens is 1. The van der Waals surface area contributed by atoms with Crippen molar-refractivity contribution in [1.29, 1.82) is 0 Å². The highest BCUT2D eigenvalue weighted by atomic mass is 35.5. The van der Waals surface area contributed by atoms with Crippen LogP contribution in [-0.4, -0.2) is 22.5 Å². The summed E-state index contributed by atoms with van der Waals surface area (Å²) in [5, 5.41) is 11.9. The fourth-order valence-electron chi connectivity index (χ4n) is 1.15. The number of nitrogens with one attached hydrogen (secondary N) is 1. The van der Waals surface area contributed by atoms with Crippen molar-refractivity contribution in [3.63, 3.8) is 0 Å². The molecule has 0 bridgehead atoms. The van der Waals surface area contributed by atoms with E-state index in [-0.39, 0.29) is 0 Å². The maximum atomic E-state index is 11.5. The van der Waals surface area contributed by atoms with Gasteiger partial charge >= 0.3 is 5.97 Å². The maximum absolute atomic E-state index is 11.5. The van der Waals surface area contributed by atoms with Crippen molar-refractivity contribution in [3.05, 3.63) is 40.9 Å². The smallest absolute Gasteiger partial charge is 0.328 e. The molecule has 0 heterocycles. The third-order valence-electron chi connectivity index (χ3n) is 2.27. The van der Waals surface area contributed by atoms with E-state index < -0.39 is 17.4 Å². The second-order valence-corrected chi connectivity index (χ2v) is 4.74. The number of carbonyl (C=O) groups is 2. The number of rotatable bonds is 4. The van der Waals surface area contributed by atoms with Crippen molar-refractivity contribution in [3.8, 4) is 0 Å². The SMILES string of the molecule is CC(C)(NC(=O)/C=C/c1ccc(Cl)cc1)C(=O)O. The van der Waals surface area contributed by atoms with Crippen LogP contribution in [-0.2, 0) is 9.59 Å². The molecule has 1 amide bonds. The van der Waals surface area contributed by atoms with Gasteiger partial charge in [-0.05, 0) is 37.6 Å². The second kappa shape index (κ2) is 5.69. The summed E-state index contributed by atoms with van der Waals surface area (Å²) < 4.78 is 0. The molecular formula is C13H14ClNO3. The summed E-state index contributed by atoms with van der Waals surface area (Å²) in [7, 11) is 0. The van der Waals surface area contributed by atoms with Gasteiger partial charge in [-0.1, -0.05) is 23.7 Å². The van der Waals surface area contributed by atoms with E-state index in [1.807, 2.05) is 0 Å². The Morgan fingerprint density at radius 1 is 1.28 bits per heavy atom. The van der Waals surface area contributed by atoms with Gasteiger partial charge in [-0.2, -0.15) is 0 Å². The van der Waals surface area contributed by atoms with Crippen molar-refractivity contribution < 1.29 is 14.7 Å². The quantitative estimate of drug-likeness (QED) is 0.823. The van der Waals surface area contributed by atoms with Crippen LogP contribution in [0.4, 0.5) is 0 Å². The van der Waals surface area contributed by atoms with Crippen molar-refractivity contribution in [2.45, 2.75) is 19.4 Å². The molecule has 5 heteroatoms. The molecule has 0 aliphatic heterocycles. The first-order valence-corrected chi connectivity index (χ1v) is 5.68. The number of carboxylic acid groups (broad SMARTS) is 1. The van der Waals surface area contributed by atoms with Gasteiger partial charge in [-0.25, -0.2) is 4.79 Å². The van der Waals surface area contributed by atoms with Gasteiger partial charge < -0.3 is 10.4 Å². The summed E-state index contributed by atoms with van der Waals surface area (Å²) in [6.07, 6.45) is 2.87. The van der Waals surface area contributed by atoms with Crippen LogP contribution in [0.15, 0.2) is 30.3 Å². The second-order valence-electron chi connectivity index (χ2n) is 4.30. The molecule has 0 spiro atoms. The molecule has 1 aromatic rings. The molecule has 0 radical (unpaired) electrons. The Kier molecular flexibility index (Phi) is 4.50. The minimum absolute atomic E-state index is 0.461. The summed E-state index contributed by atoms with van der Waals surface area (Å²) in [5.41, 5.74) is -0.482. The third-order valence-corrected chi connectivity index (χ3v) is 2.52. The van der Waals surface area contributed by atoms with Gasteiger partial charge in [0.15, 0.2) is 0 Å². The van der Waals surface area contributed by atoms with Gasteiger partial charge in [0.25, 0.3) is 0 Å². The summed E-state index contributed by atoms with van der Waals surface area (Å²) >= 11 is 5.73. The Morgan fingerprint density at radius 2 is 1.83 bits per heavy atom. The van der Waals surface area contributed by atoms with E-state index in [4.69, 9.17) is 16.7 Å². The van der Waals surface area contributed by atoms with Crippen LogP contribution < -0.4 is 5.32 Å². The summed E-state index contributed by atoms with van der Waals surface area (Å²) in [6, 6.07) is 6.93. The fourth-order valence-corrected chi connectivity index (χ4v) is 1.27. The van der Waals surface area contributed by atoms with Crippen LogP contribution in [0.5, 0.6) is 0 Å². The Hall–Kier alpha value is -1.81. The highest BCUT2D eigenvalue weighted by molar-refractivity contribution is 6.30. The van der Waals surface area contributed by atoms with Gasteiger partial charge in [0.05, 0.1) is 0 Å². The monoisotopic (exact) mass is 267 g/mol. The molecule has 4 nitrogen and oxygen atoms in total. The molecule has 0 unspecified atom stereocenters. The topological polar surface area (TPSA) is 66.4 Å². The zero-order chi connectivity index (χ0) is 13.8. The number of benzene rings is 1. The lowest BCUT2D eigenvalue weighted by atomic mass is 10.1. The van der Waals surface area contributed by atoms with E-state index in [0.717, 1.165) is 5.56 Å². The number of aliphatic carboxylic acids is 1.